The Hall–Kier alpha value is -2.55. The molecule has 0 saturated heterocycles. The van der Waals surface area contributed by atoms with E-state index in [1.54, 1.807) is 12.1 Å². The van der Waals surface area contributed by atoms with E-state index < -0.39 is 0 Å². The average Bonchev–Trinajstić information content (AvgIpc) is 2.40. The van der Waals surface area contributed by atoms with Crippen molar-refractivity contribution >= 4 is 17.5 Å². The second-order valence-corrected chi connectivity index (χ2v) is 3.88. The molecule has 2 rings (SSSR count). The fraction of sp³-hybridized carbons (Fsp3) is 0. The van der Waals surface area contributed by atoms with Crippen LogP contribution in [0.2, 0.25) is 0 Å². The lowest BCUT2D eigenvalue weighted by Crippen LogP contribution is -1.96. The third-order valence-corrected chi connectivity index (χ3v) is 2.51. The minimum absolute atomic E-state index is 0.0630. The quantitative estimate of drug-likeness (QED) is 0.374. The van der Waals surface area contributed by atoms with Crippen LogP contribution in [0.4, 0.5) is 5.69 Å². The summed E-state index contributed by atoms with van der Waals surface area (Å²) in [6.45, 7) is 0. The normalized spacial score (nSPS) is 10.7. The highest BCUT2D eigenvalue weighted by Gasteiger charge is 2.08. The van der Waals surface area contributed by atoms with E-state index in [1.165, 1.54) is 18.2 Å². The number of carbonyl (C=O) groups excluding carboxylic acids is 1. The van der Waals surface area contributed by atoms with E-state index >= 15 is 0 Å². The summed E-state index contributed by atoms with van der Waals surface area (Å²) >= 11 is 0. The van der Waals surface area contributed by atoms with E-state index in [2.05, 4.69) is 0 Å². The molecule has 2 aromatic carbocycles. The van der Waals surface area contributed by atoms with Gasteiger partial charge >= 0.3 is 0 Å². The summed E-state index contributed by atoms with van der Waals surface area (Å²) in [5, 5.41) is 9.59. The summed E-state index contributed by atoms with van der Waals surface area (Å²) in [4.78, 5) is 11.9. The van der Waals surface area contributed by atoms with Crippen molar-refractivity contribution in [3.05, 3.63) is 65.7 Å². The Balaban J connectivity index is 2.22. The van der Waals surface area contributed by atoms with Gasteiger partial charge < -0.3 is 10.8 Å². The van der Waals surface area contributed by atoms with Crippen LogP contribution in [-0.2, 0) is 0 Å². The second-order valence-electron chi connectivity index (χ2n) is 3.88. The SMILES string of the molecule is Nc1ccc(O)c(C(=O)C=Cc2ccccc2)c1. The molecule has 0 amide bonds. The summed E-state index contributed by atoms with van der Waals surface area (Å²) < 4.78 is 0. The lowest BCUT2D eigenvalue weighted by Gasteiger charge is -2.01. The van der Waals surface area contributed by atoms with E-state index in [0.29, 0.717) is 5.69 Å². The molecule has 0 heterocycles. The Morgan fingerprint density at radius 2 is 1.83 bits per heavy atom. The predicted molar refractivity (Wildman–Crippen MR) is 72.3 cm³/mol. The van der Waals surface area contributed by atoms with E-state index in [0.717, 1.165) is 5.56 Å². The third kappa shape index (κ3) is 2.77. The molecule has 0 saturated carbocycles. The van der Waals surface area contributed by atoms with Crippen molar-refractivity contribution in [1.29, 1.82) is 0 Å². The molecule has 0 aliphatic rings. The molecule has 0 bridgehead atoms. The summed E-state index contributed by atoms with van der Waals surface area (Å²) in [5.74, 6) is -0.337. The Morgan fingerprint density at radius 3 is 2.56 bits per heavy atom. The Labute approximate surface area is 105 Å². The molecule has 90 valence electrons. The first-order chi connectivity index (χ1) is 8.66. The minimum Gasteiger partial charge on any atom is -0.507 e. The Bertz CT molecular complexity index is 589. The molecule has 0 fully saturated rings. The summed E-state index contributed by atoms with van der Waals surface area (Å²) in [6, 6.07) is 13.9. The smallest absolute Gasteiger partial charge is 0.189 e. The van der Waals surface area contributed by atoms with E-state index in [9.17, 15) is 9.90 Å². The third-order valence-electron chi connectivity index (χ3n) is 2.51. The van der Waals surface area contributed by atoms with Crippen LogP contribution < -0.4 is 5.73 Å². The summed E-state index contributed by atoms with van der Waals surface area (Å²) in [5.41, 5.74) is 7.17. The largest absolute Gasteiger partial charge is 0.507 e. The molecule has 0 aromatic heterocycles. The van der Waals surface area contributed by atoms with E-state index in [4.69, 9.17) is 5.73 Å². The number of benzene rings is 2. The highest BCUT2D eigenvalue weighted by atomic mass is 16.3. The molecule has 0 radical (unpaired) electrons. The van der Waals surface area contributed by atoms with Crippen molar-refractivity contribution < 1.29 is 9.90 Å². The highest BCUT2D eigenvalue weighted by Crippen LogP contribution is 2.20. The lowest BCUT2D eigenvalue weighted by atomic mass is 10.1. The monoisotopic (exact) mass is 239 g/mol. The van der Waals surface area contributed by atoms with Gasteiger partial charge in [-0.05, 0) is 29.8 Å². The van der Waals surface area contributed by atoms with Crippen molar-refractivity contribution in [2.75, 3.05) is 5.73 Å². The zero-order valence-electron chi connectivity index (χ0n) is 9.71. The highest BCUT2D eigenvalue weighted by molar-refractivity contribution is 6.09. The van der Waals surface area contributed by atoms with E-state index in [1.807, 2.05) is 30.3 Å². The van der Waals surface area contributed by atoms with Gasteiger partial charge in [-0.3, -0.25) is 4.79 Å². The fourth-order valence-corrected chi connectivity index (χ4v) is 1.58. The average molecular weight is 239 g/mol. The van der Waals surface area contributed by atoms with Gasteiger partial charge in [0.25, 0.3) is 0 Å². The van der Waals surface area contributed by atoms with Gasteiger partial charge in [0.05, 0.1) is 5.56 Å². The van der Waals surface area contributed by atoms with Crippen LogP contribution in [0.3, 0.4) is 0 Å². The molecule has 3 N–H and O–H groups in total. The van der Waals surface area contributed by atoms with Gasteiger partial charge in [-0.15, -0.1) is 0 Å². The van der Waals surface area contributed by atoms with Crippen LogP contribution in [0, 0.1) is 0 Å². The molecule has 3 heteroatoms. The van der Waals surface area contributed by atoms with Gasteiger partial charge in [-0.2, -0.15) is 0 Å². The van der Waals surface area contributed by atoms with Crippen molar-refractivity contribution in [1.82, 2.24) is 0 Å². The first-order valence-corrected chi connectivity index (χ1v) is 5.53. The van der Waals surface area contributed by atoms with Gasteiger partial charge in [0.2, 0.25) is 0 Å². The molecule has 0 spiro atoms. The number of carbonyl (C=O) groups is 1. The van der Waals surface area contributed by atoms with Gasteiger partial charge in [0.15, 0.2) is 5.78 Å². The minimum atomic E-state index is -0.274. The van der Waals surface area contributed by atoms with Crippen LogP contribution in [0.25, 0.3) is 6.08 Å². The van der Waals surface area contributed by atoms with Crippen molar-refractivity contribution in [3.63, 3.8) is 0 Å². The van der Waals surface area contributed by atoms with Crippen LogP contribution in [0.5, 0.6) is 5.75 Å². The number of allylic oxidation sites excluding steroid dienone is 1. The number of hydrogen-bond acceptors (Lipinski definition) is 3. The Kier molecular flexibility index (Phi) is 3.44. The topological polar surface area (TPSA) is 63.3 Å². The number of hydrogen-bond donors (Lipinski definition) is 2. The van der Waals surface area contributed by atoms with Gasteiger partial charge in [-0.1, -0.05) is 36.4 Å². The molecular weight excluding hydrogens is 226 g/mol. The van der Waals surface area contributed by atoms with Gasteiger partial charge in [-0.25, -0.2) is 0 Å². The second kappa shape index (κ2) is 5.19. The zero-order chi connectivity index (χ0) is 13.0. The maximum Gasteiger partial charge on any atom is 0.189 e. The molecule has 18 heavy (non-hydrogen) atoms. The molecule has 0 aliphatic carbocycles. The Morgan fingerprint density at radius 1 is 1.11 bits per heavy atom. The number of phenols is 1. The molecule has 2 aromatic rings. The van der Waals surface area contributed by atoms with Gasteiger partial charge in [0.1, 0.15) is 5.75 Å². The van der Waals surface area contributed by atoms with Crippen LogP contribution >= 0.6 is 0 Å². The number of ketones is 1. The summed E-state index contributed by atoms with van der Waals surface area (Å²) in [6.07, 6.45) is 3.12. The zero-order valence-corrected chi connectivity index (χ0v) is 9.71. The first-order valence-electron chi connectivity index (χ1n) is 5.53. The number of rotatable bonds is 3. The standard InChI is InChI=1S/C15H13NO2/c16-12-7-9-15(18)13(10-12)14(17)8-6-11-4-2-1-3-5-11/h1-10,18H,16H2. The molecular formula is C15H13NO2. The van der Waals surface area contributed by atoms with Crippen molar-refractivity contribution in [2.45, 2.75) is 0 Å². The molecule has 3 nitrogen and oxygen atoms in total. The van der Waals surface area contributed by atoms with Crippen LogP contribution in [-0.4, -0.2) is 10.9 Å². The number of aromatic hydroxyl groups is 1. The maximum atomic E-state index is 11.9. The molecule has 0 unspecified atom stereocenters. The lowest BCUT2D eigenvalue weighted by molar-refractivity contribution is 0.104. The molecule has 0 aliphatic heterocycles. The predicted octanol–water partition coefficient (Wildman–Crippen LogP) is 2.87. The van der Waals surface area contributed by atoms with Crippen molar-refractivity contribution in [2.24, 2.45) is 0 Å². The molecule has 0 atom stereocenters. The maximum absolute atomic E-state index is 11.9. The summed E-state index contributed by atoms with van der Waals surface area (Å²) in [7, 11) is 0. The first kappa shape index (κ1) is 11.9. The number of nitrogens with two attached hydrogens (primary N) is 1. The van der Waals surface area contributed by atoms with Crippen LogP contribution in [0.1, 0.15) is 15.9 Å². The number of anilines is 1. The number of phenolic OH excluding ortho intramolecular Hbond substituents is 1. The van der Waals surface area contributed by atoms with Gasteiger partial charge in [0, 0.05) is 5.69 Å². The van der Waals surface area contributed by atoms with Crippen molar-refractivity contribution in [3.8, 4) is 5.75 Å². The number of nitrogen functional groups attached to an aromatic ring is 1. The van der Waals surface area contributed by atoms with E-state index in [-0.39, 0.29) is 17.1 Å². The van der Waals surface area contributed by atoms with Crippen LogP contribution in [0.15, 0.2) is 54.6 Å². The fourth-order valence-electron chi connectivity index (χ4n) is 1.58.